The molecule has 80 valence electrons. The molecule has 0 bridgehead atoms. The molecule has 1 unspecified atom stereocenters. The highest BCUT2D eigenvalue weighted by atomic mass is 32.1. The average molecular weight is 235 g/mol. The molecule has 2 heterocycles. The Kier molecular flexibility index (Phi) is 2.03. The summed E-state index contributed by atoms with van der Waals surface area (Å²) in [7, 11) is 0. The molecule has 1 aromatic heterocycles. The van der Waals surface area contributed by atoms with Crippen molar-refractivity contribution in [1.82, 2.24) is 0 Å². The molecular formula is C7H4F3N3OS. The zero-order valence-electron chi connectivity index (χ0n) is 7.08. The third-order valence-electron chi connectivity index (χ3n) is 1.85. The number of hydrogen-bond acceptors (Lipinski definition) is 4. The van der Waals surface area contributed by atoms with Crippen LogP contribution in [0.3, 0.4) is 0 Å². The lowest BCUT2D eigenvalue weighted by molar-refractivity contribution is -0.148. The number of azo groups is 1. The van der Waals surface area contributed by atoms with Crippen LogP contribution in [-0.4, -0.2) is 12.1 Å². The number of nitrogens with zero attached hydrogens (tertiary/aromatic N) is 2. The maximum absolute atomic E-state index is 12.4. The van der Waals surface area contributed by atoms with Crippen LogP contribution >= 0.6 is 11.3 Å². The molecule has 2 rings (SSSR count). The monoisotopic (exact) mass is 235 g/mol. The van der Waals surface area contributed by atoms with Gasteiger partial charge in [0, 0.05) is 5.56 Å². The van der Waals surface area contributed by atoms with Crippen molar-refractivity contribution in [3.8, 4) is 0 Å². The minimum Gasteiger partial charge on any atom is -0.365 e. The lowest BCUT2D eigenvalue weighted by Crippen LogP contribution is -2.17. The molecule has 4 nitrogen and oxygen atoms in total. The van der Waals surface area contributed by atoms with Gasteiger partial charge in [-0.05, 0) is 6.07 Å². The van der Waals surface area contributed by atoms with E-state index in [0.29, 0.717) is 0 Å². The summed E-state index contributed by atoms with van der Waals surface area (Å²) in [5.74, 6) is -0.759. The van der Waals surface area contributed by atoms with Crippen molar-refractivity contribution in [2.24, 2.45) is 16.0 Å². The molecule has 2 N–H and O–H groups in total. The summed E-state index contributed by atoms with van der Waals surface area (Å²) < 4.78 is 37.2. The molecule has 0 aromatic carbocycles. The number of rotatable bonds is 1. The summed E-state index contributed by atoms with van der Waals surface area (Å²) in [5.41, 5.74) is 4.85. The van der Waals surface area contributed by atoms with Crippen molar-refractivity contribution >= 4 is 22.2 Å². The highest BCUT2D eigenvalue weighted by molar-refractivity contribution is 7.17. The minimum absolute atomic E-state index is 0.0629. The zero-order valence-corrected chi connectivity index (χ0v) is 7.89. The van der Waals surface area contributed by atoms with E-state index in [1.165, 1.54) is 0 Å². The topological polar surface area (TPSA) is 67.8 Å². The minimum atomic E-state index is -4.48. The number of thiophene rings is 1. The van der Waals surface area contributed by atoms with Gasteiger partial charge in [0.2, 0.25) is 0 Å². The van der Waals surface area contributed by atoms with Gasteiger partial charge in [-0.1, -0.05) is 0 Å². The van der Waals surface area contributed by atoms with E-state index in [0.717, 1.165) is 17.4 Å². The molecule has 1 aliphatic rings. The van der Waals surface area contributed by atoms with Gasteiger partial charge in [0.1, 0.15) is 5.00 Å². The first-order chi connectivity index (χ1) is 6.89. The van der Waals surface area contributed by atoms with Crippen LogP contribution in [-0.2, 0) is 0 Å². The first kappa shape index (κ1) is 10.1. The zero-order chi connectivity index (χ0) is 11.2. The Morgan fingerprint density at radius 2 is 2.20 bits per heavy atom. The first-order valence-corrected chi connectivity index (χ1v) is 4.62. The fraction of sp³-hybridized carbons (Fsp3) is 0.286. The maximum atomic E-state index is 12.4. The Morgan fingerprint density at radius 3 is 2.73 bits per heavy atom. The smallest absolute Gasteiger partial charge is 0.365 e. The maximum Gasteiger partial charge on any atom is 0.416 e. The number of carbonyl (C=O) groups is 1. The van der Waals surface area contributed by atoms with Crippen LogP contribution in [0.25, 0.3) is 0 Å². The number of amides is 1. The van der Waals surface area contributed by atoms with Gasteiger partial charge in [-0.2, -0.15) is 18.3 Å². The summed E-state index contributed by atoms with van der Waals surface area (Å²) in [4.78, 5) is 10.8. The van der Waals surface area contributed by atoms with Crippen LogP contribution in [0.15, 0.2) is 16.3 Å². The van der Waals surface area contributed by atoms with Crippen molar-refractivity contribution in [2.75, 3.05) is 0 Å². The van der Waals surface area contributed by atoms with Crippen molar-refractivity contribution < 1.29 is 18.0 Å². The van der Waals surface area contributed by atoms with Crippen LogP contribution < -0.4 is 5.73 Å². The van der Waals surface area contributed by atoms with E-state index < -0.39 is 18.1 Å². The molecule has 0 saturated heterocycles. The Hall–Kier alpha value is -1.44. The highest BCUT2D eigenvalue weighted by Gasteiger charge is 2.45. The Bertz CT molecular complexity index is 451. The van der Waals surface area contributed by atoms with Crippen LogP contribution in [0.1, 0.15) is 21.3 Å². The lowest BCUT2D eigenvalue weighted by atomic mass is 10.1. The molecular weight excluding hydrogens is 231 g/mol. The summed E-state index contributed by atoms with van der Waals surface area (Å²) in [6, 6.07) is -0.864. The molecule has 1 atom stereocenters. The van der Waals surface area contributed by atoms with Crippen molar-refractivity contribution in [3.05, 3.63) is 16.5 Å². The van der Waals surface area contributed by atoms with Crippen LogP contribution in [0, 0.1) is 0 Å². The summed E-state index contributed by atoms with van der Waals surface area (Å²) in [5, 5.41) is 6.56. The average Bonchev–Trinajstić information content (AvgIpc) is 2.56. The molecule has 15 heavy (non-hydrogen) atoms. The normalized spacial score (nSPS) is 19.3. The Labute approximate surface area is 85.6 Å². The molecule has 0 fully saturated rings. The third kappa shape index (κ3) is 1.60. The van der Waals surface area contributed by atoms with E-state index in [2.05, 4.69) is 10.2 Å². The first-order valence-electron chi connectivity index (χ1n) is 3.80. The van der Waals surface area contributed by atoms with Gasteiger partial charge in [0.15, 0.2) is 6.04 Å². The van der Waals surface area contributed by atoms with E-state index in [4.69, 9.17) is 5.73 Å². The number of halogens is 3. The predicted molar refractivity (Wildman–Crippen MR) is 46.1 cm³/mol. The second kappa shape index (κ2) is 3.02. The van der Waals surface area contributed by atoms with Crippen LogP contribution in [0.2, 0.25) is 0 Å². The van der Waals surface area contributed by atoms with E-state index in [1.54, 1.807) is 0 Å². The van der Waals surface area contributed by atoms with Crippen molar-refractivity contribution in [2.45, 2.75) is 12.2 Å². The Morgan fingerprint density at radius 1 is 1.53 bits per heavy atom. The largest absolute Gasteiger partial charge is 0.416 e. The predicted octanol–water partition coefficient (Wildman–Crippen LogP) is 2.55. The van der Waals surface area contributed by atoms with E-state index in [9.17, 15) is 18.0 Å². The lowest BCUT2D eigenvalue weighted by Gasteiger charge is -2.09. The van der Waals surface area contributed by atoms with Gasteiger partial charge >= 0.3 is 6.18 Å². The molecule has 1 aromatic rings. The summed E-state index contributed by atoms with van der Waals surface area (Å²) in [6.07, 6.45) is -4.48. The molecule has 0 saturated carbocycles. The third-order valence-corrected chi connectivity index (χ3v) is 2.90. The van der Waals surface area contributed by atoms with Gasteiger partial charge in [-0.25, -0.2) is 0 Å². The molecule has 0 radical (unpaired) electrons. The van der Waals surface area contributed by atoms with Crippen LogP contribution in [0.5, 0.6) is 0 Å². The molecule has 0 spiro atoms. The number of hydrogen-bond donors (Lipinski definition) is 1. The highest BCUT2D eigenvalue weighted by Crippen LogP contribution is 2.48. The van der Waals surface area contributed by atoms with E-state index >= 15 is 0 Å². The standard InChI is InChI=1S/C7H4F3N3OS/c8-7(9,10)4-2-1-3(5(11)14)15-6(2)13-12-4/h1,4H,(H2,11,14). The fourth-order valence-electron chi connectivity index (χ4n) is 1.21. The van der Waals surface area contributed by atoms with Gasteiger partial charge in [-0.15, -0.1) is 16.5 Å². The van der Waals surface area contributed by atoms with Crippen molar-refractivity contribution in [1.29, 1.82) is 0 Å². The number of fused-ring (bicyclic) bond motifs is 1. The number of primary amides is 1. The van der Waals surface area contributed by atoms with E-state index in [1.807, 2.05) is 0 Å². The van der Waals surface area contributed by atoms with Gasteiger partial charge in [0.25, 0.3) is 5.91 Å². The molecule has 1 amide bonds. The quantitative estimate of drug-likeness (QED) is 0.798. The number of nitrogens with two attached hydrogens (primary N) is 1. The summed E-state index contributed by atoms with van der Waals surface area (Å²) >= 11 is 0.815. The second-order valence-corrected chi connectivity index (χ2v) is 3.93. The van der Waals surface area contributed by atoms with Gasteiger partial charge < -0.3 is 5.73 Å². The van der Waals surface area contributed by atoms with Crippen LogP contribution in [0.4, 0.5) is 18.2 Å². The number of alkyl halides is 3. The fourth-order valence-corrected chi connectivity index (χ4v) is 2.08. The van der Waals surface area contributed by atoms with E-state index in [-0.39, 0.29) is 15.4 Å². The molecule has 8 heteroatoms. The molecule has 1 aliphatic heterocycles. The molecule has 0 aliphatic carbocycles. The number of carbonyl (C=O) groups excluding carboxylic acids is 1. The Balaban J connectivity index is 2.43. The second-order valence-electron chi connectivity index (χ2n) is 2.90. The van der Waals surface area contributed by atoms with Crippen molar-refractivity contribution in [3.63, 3.8) is 0 Å². The van der Waals surface area contributed by atoms with Gasteiger partial charge in [0.05, 0.1) is 4.88 Å². The summed E-state index contributed by atoms with van der Waals surface area (Å²) in [6.45, 7) is 0. The van der Waals surface area contributed by atoms with Gasteiger partial charge in [-0.3, -0.25) is 4.79 Å². The SMILES string of the molecule is NC(=O)c1cc2c(s1)N=NC2C(F)(F)F.